The lowest BCUT2D eigenvalue weighted by molar-refractivity contribution is 0.100. The van der Waals surface area contributed by atoms with Crippen LogP contribution in [0.2, 0.25) is 5.02 Å². The minimum absolute atomic E-state index is 0.0985. The molecule has 0 radical (unpaired) electrons. The Bertz CT molecular complexity index is 748. The fourth-order valence-electron chi connectivity index (χ4n) is 2.44. The molecule has 6 nitrogen and oxygen atoms in total. The Balaban J connectivity index is 1.95. The molecule has 3 N–H and O–H groups in total. The molecule has 1 heterocycles. The van der Waals surface area contributed by atoms with Crippen LogP contribution in [-0.4, -0.2) is 15.7 Å². The monoisotopic (exact) mass is 359 g/mol. The number of amides is 1. The number of rotatable bonds is 9. The molecule has 0 aliphatic heterocycles. The first kappa shape index (κ1) is 18.8. The van der Waals surface area contributed by atoms with Gasteiger partial charge in [-0.1, -0.05) is 24.4 Å². The Labute approximate surface area is 152 Å². The van der Waals surface area contributed by atoms with Gasteiger partial charge < -0.3 is 11.1 Å². The minimum Gasteiger partial charge on any atom is -0.365 e. The molecular formula is C18H22ClN5O. The Kier molecular flexibility index (Phi) is 6.84. The van der Waals surface area contributed by atoms with Gasteiger partial charge in [-0.05, 0) is 44.0 Å². The summed E-state index contributed by atoms with van der Waals surface area (Å²) in [6.07, 6.45) is 5.52. The van der Waals surface area contributed by atoms with E-state index in [2.05, 4.69) is 16.5 Å². The van der Waals surface area contributed by atoms with Gasteiger partial charge in [0.1, 0.15) is 5.56 Å². The predicted octanol–water partition coefficient (Wildman–Crippen LogP) is 4.10. The molecule has 0 unspecified atom stereocenters. The summed E-state index contributed by atoms with van der Waals surface area (Å²) < 4.78 is 1.73. The van der Waals surface area contributed by atoms with Crippen molar-refractivity contribution in [3.63, 3.8) is 0 Å². The molecule has 1 aromatic heterocycles. The number of nitriles is 1. The molecule has 0 saturated carbocycles. The smallest absolute Gasteiger partial charge is 0.254 e. The summed E-state index contributed by atoms with van der Waals surface area (Å²) in [5.74, 6) is 0.0137. The molecule has 0 aliphatic carbocycles. The van der Waals surface area contributed by atoms with Crippen LogP contribution in [0.4, 0.5) is 11.5 Å². The molecule has 0 aliphatic rings. The summed E-state index contributed by atoms with van der Waals surface area (Å²) in [6.45, 7) is 2.63. The molecule has 25 heavy (non-hydrogen) atoms. The van der Waals surface area contributed by atoms with E-state index in [0.29, 0.717) is 22.9 Å². The fraction of sp³-hybridized carbons (Fsp3) is 0.389. The highest BCUT2D eigenvalue weighted by atomic mass is 35.5. The minimum atomic E-state index is -0.523. The van der Waals surface area contributed by atoms with Crippen molar-refractivity contribution in [2.24, 2.45) is 11.7 Å². The third kappa shape index (κ3) is 5.80. The van der Waals surface area contributed by atoms with Crippen LogP contribution >= 0.6 is 11.6 Å². The van der Waals surface area contributed by atoms with Crippen LogP contribution < -0.4 is 11.1 Å². The highest BCUT2D eigenvalue weighted by Crippen LogP contribution is 2.21. The van der Waals surface area contributed by atoms with Crippen molar-refractivity contribution in [1.29, 1.82) is 5.26 Å². The first-order valence-corrected chi connectivity index (χ1v) is 8.67. The van der Waals surface area contributed by atoms with Gasteiger partial charge in [-0.15, -0.1) is 0 Å². The number of hydrogen-bond acceptors (Lipinski definition) is 4. The number of nitrogens with zero attached hydrogens (tertiary/aromatic N) is 3. The van der Waals surface area contributed by atoms with Gasteiger partial charge in [0.15, 0.2) is 5.82 Å². The van der Waals surface area contributed by atoms with Crippen molar-refractivity contribution in [3.8, 4) is 6.07 Å². The second-order valence-electron chi connectivity index (χ2n) is 6.03. The zero-order valence-corrected chi connectivity index (χ0v) is 15.0. The second kappa shape index (κ2) is 9.09. The van der Waals surface area contributed by atoms with Crippen LogP contribution in [0.5, 0.6) is 0 Å². The van der Waals surface area contributed by atoms with Crippen LogP contribution in [0.1, 0.15) is 43.0 Å². The van der Waals surface area contributed by atoms with Gasteiger partial charge in [-0.25, -0.2) is 0 Å². The summed E-state index contributed by atoms with van der Waals surface area (Å²) in [7, 11) is 0. The molecule has 0 spiro atoms. The largest absolute Gasteiger partial charge is 0.365 e. The van der Waals surface area contributed by atoms with Gasteiger partial charge in [0.05, 0.1) is 6.07 Å². The Hall–Kier alpha value is -2.52. The molecule has 1 atom stereocenters. The Morgan fingerprint density at radius 2 is 2.08 bits per heavy atom. The van der Waals surface area contributed by atoms with Gasteiger partial charge in [0, 0.05) is 29.4 Å². The SMILES string of the molecule is C[C@@H](C#N)CCCCCn1cc(C(N)=O)c(Nc2ccc(Cl)cc2)n1. The third-order valence-electron chi connectivity index (χ3n) is 3.88. The first-order chi connectivity index (χ1) is 12.0. The lowest BCUT2D eigenvalue weighted by Gasteiger charge is -2.05. The van der Waals surface area contributed by atoms with Gasteiger partial charge in [0.25, 0.3) is 5.91 Å². The predicted molar refractivity (Wildman–Crippen MR) is 98.7 cm³/mol. The number of primary amides is 1. The van der Waals surface area contributed by atoms with Gasteiger partial charge in [-0.2, -0.15) is 10.4 Å². The van der Waals surface area contributed by atoms with Crippen molar-refractivity contribution in [2.75, 3.05) is 5.32 Å². The number of carbonyl (C=O) groups is 1. The van der Waals surface area contributed by atoms with Crippen molar-refractivity contribution < 1.29 is 4.79 Å². The average Bonchev–Trinajstić information content (AvgIpc) is 2.99. The fourth-order valence-corrected chi connectivity index (χ4v) is 2.57. The normalized spacial score (nSPS) is 11.7. The zero-order valence-electron chi connectivity index (χ0n) is 14.2. The van der Waals surface area contributed by atoms with Crippen LogP contribution in [-0.2, 0) is 6.54 Å². The number of nitrogens with one attached hydrogen (secondary N) is 1. The quantitative estimate of drug-likeness (QED) is 0.658. The number of benzene rings is 1. The maximum atomic E-state index is 11.6. The Morgan fingerprint density at radius 3 is 2.72 bits per heavy atom. The number of halogens is 1. The molecule has 0 saturated heterocycles. The molecule has 2 aromatic rings. The van der Waals surface area contributed by atoms with Gasteiger partial charge in [-0.3, -0.25) is 9.48 Å². The summed E-state index contributed by atoms with van der Waals surface area (Å²) in [4.78, 5) is 11.6. The van der Waals surface area contributed by atoms with Gasteiger partial charge in [0.2, 0.25) is 0 Å². The zero-order chi connectivity index (χ0) is 18.2. The highest BCUT2D eigenvalue weighted by Gasteiger charge is 2.14. The van der Waals surface area contributed by atoms with E-state index < -0.39 is 5.91 Å². The molecule has 0 bridgehead atoms. The number of aromatic nitrogens is 2. The molecule has 132 valence electrons. The molecule has 1 amide bonds. The summed E-state index contributed by atoms with van der Waals surface area (Å²) in [5.41, 5.74) is 6.58. The van der Waals surface area contributed by atoms with E-state index in [-0.39, 0.29) is 5.92 Å². The van der Waals surface area contributed by atoms with Crippen molar-refractivity contribution in [2.45, 2.75) is 39.2 Å². The summed E-state index contributed by atoms with van der Waals surface area (Å²) in [6, 6.07) is 9.37. The van der Waals surface area contributed by atoms with Crippen molar-refractivity contribution >= 4 is 29.0 Å². The van der Waals surface area contributed by atoms with E-state index in [9.17, 15) is 4.79 Å². The molecule has 7 heteroatoms. The van der Waals surface area contributed by atoms with Crippen LogP contribution in [0.15, 0.2) is 30.5 Å². The molecular weight excluding hydrogens is 338 g/mol. The first-order valence-electron chi connectivity index (χ1n) is 8.29. The molecule has 2 rings (SSSR count). The number of anilines is 2. The topological polar surface area (TPSA) is 96.7 Å². The van der Waals surface area contributed by atoms with E-state index >= 15 is 0 Å². The van der Waals surface area contributed by atoms with E-state index in [4.69, 9.17) is 22.6 Å². The maximum absolute atomic E-state index is 11.6. The summed E-state index contributed by atoms with van der Waals surface area (Å²) in [5, 5.41) is 16.9. The molecule has 0 fully saturated rings. The van der Waals surface area contributed by atoms with E-state index in [1.807, 2.05) is 19.1 Å². The van der Waals surface area contributed by atoms with E-state index in [1.165, 1.54) is 0 Å². The number of unbranched alkanes of at least 4 members (excludes halogenated alkanes) is 2. The van der Waals surface area contributed by atoms with Crippen molar-refractivity contribution in [3.05, 3.63) is 41.0 Å². The number of carbonyl (C=O) groups excluding carboxylic acids is 1. The maximum Gasteiger partial charge on any atom is 0.254 e. The standard InChI is InChI=1S/C18H22ClN5O/c1-13(11-20)5-3-2-4-10-24-12-16(17(21)25)18(23-24)22-15-8-6-14(19)7-9-15/h6-9,12-13H,2-5,10H2,1H3,(H2,21,25)(H,22,23)/t13-/m1/s1. The van der Waals surface area contributed by atoms with E-state index in [0.717, 1.165) is 31.4 Å². The van der Waals surface area contributed by atoms with Crippen LogP contribution in [0.25, 0.3) is 0 Å². The Morgan fingerprint density at radius 1 is 1.36 bits per heavy atom. The van der Waals surface area contributed by atoms with Crippen LogP contribution in [0.3, 0.4) is 0 Å². The van der Waals surface area contributed by atoms with Gasteiger partial charge >= 0.3 is 0 Å². The average molecular weight is 360 g/mol. The number of nitrogens with two attached hydrogens (primary N) is 1. The van der Waals surface area contributed by atoms with Crippen molar-refractivity contribution in [1.82, 2.24) is 9.78 Å². The number of hydrogen-bond donors (Lipinski definition) is 2. The highest BCUT2D eigenvalue weighted by molar-refractivity contribution is 6.30. The summed E-state index contributed by atoms with van der Waals surface area (Å²) >= 11 is 5.87. The van der Waals surface area contributed by atoms with E-state index in [1.54, 1.807) is 23.0 Å². The second-order valence-corrected chi connectivity index (χ2v) is 6.47. The lowest BCUT2D eigenvalue weighted by Crippen LogP contribution is -2.12. The third-order valence-corrected chi connectivity index (χ3v) is 4.13. The molecule has 1 aromatic carbocycles. The lowest BCUT2D eigenvalue weighted by atomic mass is 10.1. The van der Waals surface area contributed by atoms with Crippen LogP contribution in [0, 0.1) is 17.2 Å². The number of aryl methyl sites for hydroxylation is 1.